The number of ether oxygens (including phenoxy) is 1. The zero-order valence-corrected chi connectivity index (χ0v) is 8.99. The second-order valence-corrected chi connectivity index (χ2v) is 4.16. The van der Waals surface area contributed by atoms with Gasteiger partial charge in [0, 0.05) is 0 Å². The molecule has 1 aliphatic carbocycles. The molecule has 0 heterocycles. The lowest BCUT2D eigenvalue weighted by Crippen LogP contribution is -1.98. The van der Waals surface area contributed by atoms with Gasteiger partial charge >= 0.3 is 0 Å². The number of aliphatic hydroxyl groups is 1. The maximum Gasteiger partial charge on any atom is 0.120 e. The molecule has 2 heteroatoms. The van der Waals surface area contributed by atoms with Crippen LogP contribution in [0.25, 0.3) is 0 Å². The van der Waals surface area contributed by atoms with Gasteiger partial charge in [-0.15, -0.1) is 0 Å². The van der Waals surface area contributed by atoms with Crippen molar-refractivity contribution in [2.75, 3.05) is 6.61 Å². The van der Waals surface area contributed by atoms with E-state index < -0.39 is 0 Å². The molecule has 0 amide bonds. The Kier molecular flexibility index (Phi) is 2.78. The number of hydrogen-bond acceptors (Lipinski definition) is 2. The molecule has 0 unspecified atom stereocenters. The summed E-state index contributed by atoms with van der Waals surface area (Å²) in [4.78, 5) is 0. The lowest BCUT2D eigenvalue weighted by atomic mass is 10.1. The molecule has 0 fully saturated rings. The van der Waals surface area contributed by atoms with Crippen LogP contribution in [0.1, 0.15) is 30.6 Å². The van der Waals surface area contributed by atoms with Crippen LogP contribution in [0.3, 0.4) is 0 Å². The van der Waals surface area contributed by atoms with Crippen LogP contribution < -0.4 is 4.74 Å². The van der Waals surface area contributed by atoms with E-state index in [1.165, 1.54) is 5.56 Å². The minimum Gasteiger partial charge on any atom is -0.489 e. The van der Waals surface area contributed by atoms with Crippen molar-refractivity contribution in [3.8, 4) is 5.75 Å². The molecule has 15 heavy (non-hydrogen) atoms. The molecule has 2 nitrogen and oxygen atoms in total. The fraction of sp³-hybridized carbons (Fsp3) is 0.385. The maximum atomic E-state index is 9.64. The van der Waals surface area contributed by atoms with Gasteiger partial charge in [-0.1, -0.05) is 12.6 Å². The van der Waals surface area contributed by atoms with E-state index in [-0.39, 0.29) is 6.10 Å². The summed E-state index contributed by atoms with van der Waals surface area (Å²) in [6.45, 7) is 6.29. The molecule has 0 aliphatic heterocycles. The summed E-state index contributed by atoms with van der Waals surface area (Å²) in [7, 11) is 0. The lowest BCUT2D eigenvalue weighted by molar-refractivity contribution is 0.180. The normalized spacial score (nSPS) is 18.7. The van der Waals surface area contributed by atoms with Gasteiger partial charge in [0.2, 0.25) is 0 Å². The second kappa shape index (κ2) is 4.07. The summed E-state index contributed by atoms with van der Waals surface area (Å²) >= 11 is 0. The number of rotatable bonds is 3. The zero-order valence-electron chi connectivity index (χ0n) is 8.99. The summed E-state index contributed by atoms with van der Waals surface area (Å²) in [5.74, 6) is 0.867. The summed E-state index contributed by atoms with van der Waals surface area (Å²) in [6.07, 6.45) is 1.50. The molecule has 80 valence electrons. The molecule has 0 saturated carbocycles. The average molecular weight is 204 g/mol. The van der Waals surface area contributed by atoms with Crippen LogP contribution in [0.2, 0.25) is 0 Å². The Bertz CT molecular complexity index is 382. The third-order valence-corrected chi connectivity index (χ3v) is 2.65. The minimum atomic E-state index is -0.282. The average Bonchev–Trinajstić information content (AvgIpc) is 2.57. The van der Waals surface area contributed by atoms with Gasteiger partial charge in [-0.25, -0.2) is 0 Å². The molecular formula is C13H16O2. The number of benzene rings is 1. The molecule has 0 spiro atoms. The SMILES string of the molecule is C=C(C)COc1ccc2c(c1)CC[C@H]2O. The van der Waals surface area contributed by atoms with Crippen molar-refractivity contribution < 1.29 is 9.84 Å². The van der Waals surface area contributed by atoms with Crippen molar-refractivity contribution in [1.82, 2.24) is 0 Å². The topological polar surface area (TPSA) is 29.5 Å². The molecule has 1 aromatic rings. The van der Waals surface area contributed by atoms with Gasteiger partial charge in [0.05, 0.1) is 6.10 Å². The third kappa shape index (κ3) is 2.21. The Balaban J connectivity index is 2.12. The number of hydrogen-bond donors (Lipinski definition) is 1. The van der Waals surface area contributed by atoms with Crippen LogP contribution in [0.4, 0.5) is 0 Å². The third-order valence-electron chi connectivity index (χ3n) is 2.65. The van der Waals surface area contributed by atoms with E-state index in [1.807, 2.05) is 25.1 Å². The Morgan fingerprint density at radius 3 is 3.13 bits per heavy atom. The van der Waals surface area contributed by atoms with E-state index in [9.17, 15) is 5.11 Å². The number of fused-ring (bicyclic) bond motifs is 1. The molecule has 2 rings (SSSR count). The molecule has 0 bridgehead atoms. The van der Waals surface area contributed by atoms with Crippen molar-refractivity contribution in [2.24, 2.45) is 0 Å². The van der Waals surface area contributed by atoms with Gasteiger partial charge in [0.15, 0.2) is 0 Å². The van der Waals surface area contributed by atoms with Gasteiger partial charge < -0.3 is 9.84 Å². The van der Waals surface area contributed by atoms with Crippen LogP contribution in [0.5, 0.6) is 5.75 Å². The van der Waals surface area contributed by atoms with Gasteiger partial charge in [-0.05, 0) is 48.6 Å². The molecule has 0 aromatic heterocycles. The van der Waals surface area contributed by atoms with E-state index in [2.05, 4.69) is 6.58 Å². The van der Waals surface area contributed by atoms with Crippen molar-refractivity contribution >= 4 is 0 Å². The molecule has 1 aromatic carbocycles. The highest BCUT2D eigenvalue weighted by atomic mass is 16.5. The first-order valence-electron chi connectivity index (χ1n) is 5.25. The number of aryl methyl sites for hydroxylation is 1. The van der Waals surface area contributed by atoms with Crippen LogP contribution in [0, 0.1) is 0 Å². The molecule has 1 N–H and O–H groups in total. The smallest absolute Gasteiger partial charge is 0.120 e. The van der Waals surface area contributed by atoms with Crippen molar-refractivity contribution in [3.05, 3.63) is 41.5 Å². The predicted molar refractivity (Wildman–Crippen MR) is 60.0 cm³/mol. The maximum absolute atomic E-state index is 9.64. The molecule has 0 saturated heterocycles. The van der Waals surface area contributed by atoms with Gasteiger partial charge in [-0.3, -0.25) is 0 Å². The first-order chi connectivity index (χ1) is 7.16. The van der Waals surface area contributed by atoms with E-state index in [0.717, 1.165) is 29.7 Å². The van der Waals surface area contributed by atoms with Crippen molar-refractivity contribution in [2.45, 2.75) is 25.9 Å². The van der Waals surface area contributed by atoms with Crippen LogP contribution in [-0.2, 0) is 6.42 Å². The van der Waals surface area contributed by atoms with Gasteiger partial charge in [0.25, 0.3) is 0 Å². The molecule has 1 aliphatic rings. The summed E-state index contributed by atoms with van der Waals surface area (Å²) < 4.78 is 5.55. The standard InChI is InChI=1S/C13H16O2/c1-9(2)8-15-11-4-5-12-10(7-11)3-6-13(12)14/h4-5,7,13-14H,1,3,6,8H2,2H3/t13-/m1/s1. The first kappa shape index (κ1) is 10.2. The van der Waals surface area contributed by atoms with E-state index in [1.54, 1.807) is 0 Å². The Hall–Kier alpha value is -1.28. The van der Waals surface area contributed by atoms with E-state index in [4.69, 9.17) is 4.74 Å². The highest BCUT2D eigenvalue weighted by Crippen LogP contribution is 2.33. The summed E-state index contributed by atoms with van der Waals surface area (Å²) in [6, 6.07) is 5.89. The first-order valence-corrected chi connectivity index (χ1v) is 5.25. The van der Waals surface area contributed by atoms with Gasteiger partial charge in [0.1, 0.15) is 12.4 Å². The fourth-order valence-electron chi connectivity index (χ4n) is 1.87. The predicted octanol–water partition coefficient (Wildman–Crippen LogP) is 2.62. The number of aliphatic hydroxyl groups excluding tert-OH is 1. The largest absolute Gasteiger partial charge is 0.489 e. The lowest BCUT2D eigenvalue weighted by Gasteiger charge is -2.08. The molecule has 0 radical (unpaired) electrons. The highest BCUT2D eigenvalue weighted by molar-refractivity contribution is 5.39. The van der Waals surface area contributed by atoms with Crippen molar-refractivity contribution in [3.63, 3.8) is 0 Å². The van der Waals surface area contributed by atoms with Crippen LogP contribution >= 0.6 is 0 Å². The zero-order chi connectivity index (χ0) is 10.8. The monoisotopic (exact) mass is 204 g/mol. The highest BCUT2D eigenvalue weighted by Gasteiger charge is 2.20. The molecular weight excluding hydrogens is 188 g/mol. The fourth-order valence-corrected chi connectivity index (χ4v) is 1.87. The van der Waals surface area contributed by atoms with Crippen molar-refractivity contribution in [1.29, 1.82) is 0 Å². The summed E-state index contributed by atoms with van der Waals surface area (Å²) in [5.41, 5.74) is 3.27. The minimum absolute atomic E-state index is 0.282. The van der Waals surface area contributed by atoms with E-state index in [0.29, 0.717) is 6.61 Å². The van der Waals surface area contributed by atoms with Gasteiger partial charge in [-0.2, -0.15) is 0 Å². The van der Waals surface area contributed by atoms with Crippen LogP contribution in [-0.4, -0.2) is 11.7 Å². The van der Waals surface area contributed by atoms with Crippen LogP contribution in [0.15, 0.2) is 30.4 Å². The Morgan fingerprint density at radius 1 is 1.60 bits per heavy atom. The van der Waals surface area contributed by atoms with E-state index >= 15 is 0 Å². The Labute approximate surface area is 90.2 Å². The molecule has 1 atom stereocenters. The quantitative estimate of drug-likeness (QED) is 0.767. The second-order valence-electron chi connectivity index (χ2n) is 4.16. The summed E-state index contributed by atoms with van der Waals surface area (Å²) in [5, 5.41) is 9.64. The Morgan fingerprint density at radius 2 is 2.40 bits per heavy atom.